The van der Waals surface area contributed by atoms with Crippen molar-refractivity contribution in [2.45, 2.75) is 88.3 Å². The van der Waals surface area contributed by atoms with Crippen LogP contribution in [0.5, 0.6) is 0 Å². The van der Waals surface area contributed by atoms with Crippen LogP contribution in [0.15, 0.2) is 30.4 Å². The van der Waals surface area contributed by atoms with Crippen molar-refractivity contribution in [3.63, 3.8) is 0 Å². The van der Waals surface area contributed by atoms with Gasteiger partial charge in [-0.1, -0.05) is 83.2 Å². The summed E-state index contributed by atoms with van der Waals surface area (Å²) in [6.45, 7) is 22.1. The molecule has 0 unspecified atom stereocenters. The first-order chi connectivity index (χ1) is 10.7. The molecule has 136 valence electrons. The summed E-state index contributed by atoms with van der Waals surface area (Å²) in [4.78, 5) is 0. The molecule has 0 aliphatic rings. The monoisotopic (exact) mass is 324 g/mol. The highest BCUT2D eigenvalue weighted by atomic mass is 19.1. The third kappa shape index (κ3) is 26.1. The lowest BCUT2D eigenvalue weighted by Crippen LogP contribution is -1.84. The molecule has 0 spiro atoms. The molecule has 1 aromatic rings. The van der Waals surface area contributed by atoms with Gasteiger partial charge in [-0.15, -0.1) is 6.58 Å². The van der Waals surface area contributed by atoms with E-state index >= 15 is 0 Å². The summed E-state index contributed by atoms with van der Waals surface area (Å²) < 4.78 is 12.1. The van der Waals surface area contributed by atoms with Gasteiger partial charge in [0.05, 0.1) is 0 Å². The Morgan fingerprint density at radius 2 is 1.52 bits per heavy atom. The number of aryl methyl sites for hydroxylation is 2. The fraction of sp³-hybridized carbons (Fsp3) is 0.636. The van der Waals surface area contributed by atoms with Crippen LogP contribution in [0.25, 0.3) is 0 Å². The zero-order chi connectivity index (χ0) is 18.8. The predicted molar refractivity (Wildman–Crippen MR) is 107 cm³/mol. The lowest BCUT2D eigenvalue weighted by Gasteiger charge is -2.00. The fourth-order valence-electron chi connectivity index (χ4n) is 1.57. The highest BCUT2D eigenvalue weighted by Crippen LogP contribution is 2.10. The molecule has 0 saturated heterocycles. The van der Waals surface area contributed by atoms with E-state index in [0.29, 0.717) is 0 Å². The van der Waals surface area contributed by atoms with E-state index < -0.39 is 0 Å². The minimum Gasteiger partial charge on any atom is -0.246 e. The molecule has 0 heterocycles. The highest BCUT2D eigenvalue weighted by Gasteiger charge is 1.95. The highest BCUT2D eigenvalue weighted by molar-refractivity contribution is 5.29. The molecule has 0 fully saturated rings. The molecule has 0 aliphatic heterocycles. The van der Waals surface area contributed by atoms with Crippen molar-refractivity contribution in [1.29, 1.82) is 0 Å². The van der Waals surface area contributed by atoms with Gasteiger partial charge in [0.15, 0.2) is 0 Å². The first-order valence-corrected chi connectivity index (χ1v) is 8.90. The van der Waals surface area contributed by atoms with Crippen LogP contribution in [0.3, 0.4) is 0 Å². The zero-order valence-electron chi connectivity index (χ0n) is 17.2. The number of allylic oxidation sites excluding steroid dienone is 1. The maximum Gasteiger partial charge on any atom is 0.115 e. The third-order valence-electron chi connectivity index (χ3n) is 2.51. The Balaban J connectivity index is -0.000000264. The Bertz CT molecular complexity index is 374. The molecule has 0 bridgehead atoms. The van der Waals surface area contributed by atoms with Crippen molar-refractivity contribution in [3.8, 4) is 0 Å². The van der Waals surface area contributed by atoms with Crippen LogP contribution in [0.1, 0.15) is 84.4 Å². The largest absolute Gasteiger partial charge is 0.246 e. The summed E-state index contributed by atoms with van der Waals surface area (Å²) in [5.74, 6) is 0.898. The van der Waals surface area contributed by atoms with Crippen molar-refractivity contribution < 1.29 is 4.39 Å². The summed E-state index contributed by atoms with van der Waals surface area (Å²) in [6.07, 6.45) is 3.96. The van der Waals surface area contributed by atoms with Gasteiger partial charge in [-0.3, -0.25) is 0 Å². The van der Waals surface area contributed by atoms with Gasteiger partial charge >= 0.3 is 0 Å². The molecule has 1 rings (SSSR count). The van der Waals surface area contributed by atoms with Crippen LogP contribution in [0, 0.1) is 19.8 Å². The summed E-state index contributed by atoms with van der Waals surface area (Å²) in [7, 11) is 0. The van der Waals surface area contributed by atoms with Crippen LogP contribution in [0.2, 0.25) is 0 Å². The topological polar surface area (TPSA) is 0 Å². The zero-order valence-corrected chi connectivity index (χ0v) is 17.2. The fourth-order valence-corrected chi connectivity index (χ4v) is 1.57. The van der Waals surface area contributed by atoms with E-state index in [1.807, 2.05) is 45.9 Å². The molecule has 0 aliphatic carbocycles. The SMILES string of the molecule is C=C(C)C.CCC.CCCC(C)C.Cc1ccc(CF)c(C)c1. The quantitative estimate of drug-likeness (QED) is 0.491. The number of hydrogen-bond acceptors (Lipinski definition) is 0. The number of alkyl halides is 1. The summed E-state index contributed by atoms with van der Waals surface area (Å²) >= 11 is 0. The summed E-state index contributed by atoms with van der Waals surface area (Å²) in [5.41, 5.74) is 4.20. The third-order valence-corrected chi connectivity index (χ3v) is 2.51. The Morgan fingerprint density at radius 3 is 1.74 bits per heavy atom. The molecule has 0 nitrogen and oxygen atoms in total. The number of rotatable bonds is 3. The van der Waals surface area contributed by atoms with Crippen LogP contribution in [-0.2, 0) is 6.67 Å². The van der Waals surface area contributed by atoms with Crippen molar-refractivity contribution in [2.24, 2.45) is 5.92 Å². The van der Waals surface area contributed by atoms with Crippen molar-refractivity contribution in [2.75, 3.05) is 0 Å². The Morgan fingerprint density at radius 1 is 1.09 bits per heavy atom. The maximum atomic E-state index is 12.1. The van der Waals surface area contributed by atoms with Crippen molar-refractivity contribution in [1.82, 2.24) is 0 Å². The first-order valence-electron chi connectivity index (χ1n) is 8.90. The van der Waals surface area contributed by atoms with E-state index in [2.05, 4.69) is 41.2 Å². The number of halogens is 1. The van der Waals surface area contributed by atoms with E-state index in [1.165, 1.54) is 30.4 Å². The van der Waals surface area contributed by atoms with Gasteiger partial charge in [0.25, 0.3) is 0 Å². The van der Waals surface area contributed by atoms with Gasteiger partial charge in [0, 0.05) is 0 Å². The minimum atomic E-state index is -0.355. The molecule has 1 aromatic carbocycles. The normalized spacial score (nSPS) is 8.83. The summed E-state index contributed by atoms with van der Waals surface area (Å²) in [6, 6.07) is 5.77. The molecule has 0 amide bonds. The van der Waals surface area contributed by atoms with Gasteiger partial charge in [-0.2, -0.15) is 0 Å². The van der Waals surface area contributed by atoms with E-state index in [-0.39, 0.29) is 6.67 Å². The van der Waals surface area contributed by atoms with Gasteiger partial charge in [-0.05, 0) is 44.7 Å². The second-order valence-electron chi connectivity index (χ2n) is 6.66. The molecule has 0 radical (unpaired) electrons. The van der Waals surface area contributed by atoms with Crippen molar-refractivity contribution in [3.05, 3.63) is 47.0 Å². The van der Waals surface area contributed by atoms with Gasteiger partial charge < -0.3 is 0 Å². The molecule has 23 heavy (non-hydrogen) atoms. The second kappa shape index (κ2) is 18.9. The smallest absolute Gasteiger partial charge is 0.115 e. The van der Waals surface area contributed by atoms with E-state index in [1.54, 1.807) is 0 Å². The molecular formula is C22H41F. The van der Waals surface area contributed by atoms with Crippen LogP contribution >= 0.6 is 0 Å². The molecule has 0 aromatic heterocycles. The minimum absolute atomic E-state index is 0.355. The lowest BCUT2D eigenvalue weighted by molar-refractivity contribution is 0.483. The van der Waals surface area contributed by atoms with E-state index in [4.69, 9.17) is 0 Å². The maximum absolute atomic E-state index is 12.1. The average Bonchev–Trinajstić information content (AvgIpc) is 2.39. The Labute approximate surface area is 146 Å². The van der Waals surface area contributed by atoms with Gasteiger partial charge in [-0.25, -0.2) is 4.39 Å². The molecule has 1 heteroatoms. The number of hydrogen-bond donors (Lipinski definition) is 0. The first kappa shape index (κ1) is 26.8. The molecule has 0 saturated carbocycles. The van der Waals surface area contributed by atoms with Crippen LogP contribution < -0.4 is 0 Å². The van der Waals surface area contributed by atoms with Gasteiger partial charge in [0.1, 0.15) is 6.67 Å². The average molecular weight is 325 g/mol. The number of benzene rings is 1. The second-order valence-corrected chi connectivity index (χ2v) is 6.66. The summed E-state index contributed by atoms with van der Waals surface area (Å²) in [5, 5.41) is 0. The van der Waals surface area contributed by atoms with Crippen LogP contribution in [0.4, 0.5) is 4.39 Å². The Kier molecular flexibility index (Phi) is 22.0. The van der Waals surface area contributed by atoms with E-state index in [0.717, 1.165) is 17.0 Å². The predicted octanol–water partition coefficient (Wildman–Crippen LogP) is 8.21. The molecular weight excluding hydrogens is 283 g/mol. The lowest BCUT2D eigenvalue weighted by atomic mass is 10.1. The standard InChI is InChI=1S/C9H11F.C6H14.C4H8.C3H8/c1-7-3-4-9(6-10)8(2)5-7;1-4-5-6(2)3;1-4(2)3;1-3-2/h3-5H,6H2,1-2H3;6H,4-5H2,1-3H3;1H2,2-3H3;3H2,1-2H3. The van der Waals surface area contributed by atoms with Crippen LogP contribution in [-0.4, -0.2) is 0 Å². The van der Waals surface area contributed by atoms with E-state index in [9.17, 15) is 4.39 Å². The molecule has 0 N–H and O–H groups in total. The van der Waals surface area contributed by atoms with Gasteiger partial charge in [0.2, 0.25) is 0 Å². The van der Waals surface area contributed by atoms with Crippen molar-refractivity contribution >= 4 is 0 Å². The molecule has 0 atom stereocenters. The Hall–Kier alpha value is -1.11.